The highest BCUT2D eigenvalue weighted by Gasteiger charge is 2.33. The highest BCUT2D eigenvalue weighted by molar-refractivity contribution is 7.14. The molecule has 0 spiro atoms. The number of carbonyl (C=O) groups is 1. The van der Waals surface area contributed by atoms with Crippen LogP contribution in [0.1, 0.15) is 52.1 Å². The van der Waals surface area contributed by atoms with Crippen molar-refractivity contribution in [1.29, 1.82) is 0 Å². The van der Waals surface area contributed by atoms with Crippen LogP contribution in [0.25, 0.3) is 0 Å². The zero-order valence-electron chi connectivity index (χ0n) is 12.9. The van der Waals surface area contributed by atoms with E-state index < -0.39 is 0 Å². The lowest BCUT2D eigenvalue weighted by Gasteiger charge is -2.33. The molecule has 0 unspecified atom stereocenters. The molecule has 1 aliphatic heterocycles. The minimum absolute atomic E-state index is 0.000975. The molecular formula is C15H19N3O3S. The summed E-state index contributed by atoms with van der Waals surface area (Å²) in [5.41, 5.74) is 0. The fraction of sp³-hybridized carbons (Fsp3) is 0.533. The Balaban J connectivity index is 1.84. The summed E-state index contributed by atoms with van der Waals surface area (Å²) >= 11 is 1.55. The van der Waals surface area contributed by atoms with E-state index >= 15 is 0 Å². The van der Waals surface area contributed by atoms with E-state index in [4.69, 9.17) is 9.15 Å². The van der Waals surface area contributed by atoms with E-state index in [1.807, 2.05) is 12.1 Å². The van der Waals surface area contributed by atoms with Gasteiger partial charge in [0, 0.05) is 18.3 Å². The van der Waals surface area contributed by atoms with Gasteiger partial charge in [0.15, 0.2) is 0 Å². The molecule has 1 fully saturated rings. The van der Waals surface area contributed by atoms with Crippen LogP contribution in [0.3, 0.4) is 0 Å². The fourth-order valence-corrected chi connectivity index (χ4v) is 3.38. The molecule has 0 N–H and O–H groups in total. The molecule has 6 nitrogen and oxygen atoms in total. The molecule has 22 heavy (non-hydrogen) atoms. The average Bonchev–Trinajstić information content (AvgIpc) is 3.15. The number of hydrogen-bond donors (Lipinski definition) is 0. The SMILES string of the molecule is Cc1nnc([C@@H]2COCCN2C(=O)c2ccc(C(C)C)s2)o1. The predicted molar refractivity (Wildman–Crippen MR) is 82.0 cm³/mol. The summed E-state index contributed by atoms with van der Waals surface area (Å²) in [4.78, 5) is 16.5. The van der Waals surface area contributed by atoms with Gasteiger partial charge in [-0.3, -0.25) is 4.79 Å². The maximum Gasteiger partial charge on any atom is 0.264 e. The maximum absolute atomic E-state index is 12.8. The van der Waals surface area contributed by atoms with Gasteiger partial charge in [-0.05, 0) is 18.1 Å². The monoisotopic (exact) mass is 321 g/mol. The first-order chi connectivity index (χ1) is 10.6. The van der Waals surface area contributed by atoms with Gasteiger partial charge in [-0.15, -0.1) is 21.5 Å². The molecule has 1 saturated heterocycles. The van der Waals surface area contributed by atoms with Crippen LogP contribution in [0.4, 0.5) is 0 Å². The minimum atomic E-state index is -0.313. The van der Waals surface area contributed by atoms with Gasteiger partial charge in [-0.1, -0.05) is 13.8 Å². The second kappa shape index (κ2) is 6.18. The van der Waals surface area contributed by atoms with Crippen molar-refractivity contribution in [3.8, 4) is 0 Å². The molecule has 3 heterocycles. The number of carbonyl (C=O) groups excluding carboxylic acids is 1. The van der Waals surface area contributed by atoms with Gasteiger partial charge in [0.1, 0.15) is 6.04 Å². The maximum atomic E-state index is 12.8. The van der Waals surface area contributed by atoms with E-state index in [2.05, 4.69) is 24.0 Å². The van der Waals surface area contributed by atoms with E-state index in [1.165, 1.54) is 4.88 Å². The van der Waals surface area contributed by atoms with Gasteiger partial charge < -0.3 is 14.1 Å². The van der Waals surface area contributed by atoms with Crippen LogP contribution in [0.5, 0.6) is 0 Å². The molecule has 1 aliphatic rings. The van der Waals surface area contributed by atoms with Crippen LogP contribution >= 0.6 is 11.3 Å². The molecule has 0 saturated carbocycles. The molecule has 0 bridgehead atoms. The molecule has 0 radical (unpaired) electrons. The Labute approximate surface area is 133 Å². The Hall–Kier alpha value is -1.73. The van der Waals surface area contributed by atoms with Gasteiger partial charge in [-0.25, -0.2) is 0 Å². The smallest absolute Gasteiger partial charge is 0.264 e. The summed E-state index contributed by atoms with van der Waals surface area (Å²) in [5, 5.41) is 7.89. The van der Waals surface area contributed by atoms with Crippen molar-refractivity contribution in [3.05, 3.63) is 33.7 Å². The fourth-order valence-electron chi connectivity index (χ4n) is 2.42. The van der Waals surface area contributed by atoms with Gasteiger partial charge >= 0.3 is 0 Å². The third-order valence-electron chi connectivity index (χ3n) is 3.62. The third kappa shape index (κ3) is 2.91. The number of nitrogens with zero attached hydrogens (tertiary/aromatic N) is 3. The Morgan fingerprint density at radius 2 is 2.23 bits per heavy atom. The molecule has 1 amide bonds. The standard InChI is InChI=1S/C15H19N3O3S/c1-9(2)12-4-5-13(22-12)15(19)18-6-7-20-8-11(18)14-17-16-10(3)21-14/h4-5,9,11H,6-8H2,1-3H3/t11-/m0/s1. The number of rotatable bonds is 3. The Morgan fingerprint density at radius 1 is 1.41 bits per heavy atom. The van der Waals surface area contributed by atoms with Crippen LogP contribution in [0, 0.1) is 6.92 Å². The molecule has 2 aromatic heterocycles. The van der Waals surface area contributed by atoms with Gasteiger partial charge in [0.05, 0.1) is 18.1 Å². The summed E-state index contributed by atoms with van der Waals surface area (Å²) in [6, 6.07) is 3.61. The van der Waals surface area contributed by atoms with Crippen LogP contribution in [0.15, 0.2) is 16.5 Å². The van der Waals surface area contributed by atoms with E-state index in [9.17, 15) is 4.79 Å². The summed E-state index contributed by atoms with van der Waals surface area (Å²) in [6.45, 7) is 7.42. The molecule has 7 heteroatoms. The molecule has 2 aromatic rings. The average molecular weight is 321 g/mol. The summed E-state index contributed by atoms with van der Waals surface area (Å²) < 4.78 is 11.0. The zero-order valence-corrected chi connectivity index (χ0v) is 13.7. The van der Waals surface area contributed by atoms with Gasteiger partial charge in [-0.2, -0.15) is 0 Å². The Morgan fingerprint density at radius 3 is 2.86 bits per heavy atom. The van der Waals surface area contributed by atoms with Gasteiger partial charge in [0.2, 0.25) is 11.8 Å². The molecular weight excluding hydrogens is 302 g/mol. The van der Waals surface area contributed by atoms with Crippen molar-refractivity contribution in [2.24, 2.45) is 0 Å². The first-order valence-corrected chi connectivity index (χ1v) is 8.16. The highest BCUT2D eigenvalue weighted by atomic mass is 32.1. The lowest BCUT2D eigenvalue weighted by atomic mass is 10.2. The molecule has 0 aromatic carbocycles. The lowest BCUT2D eigenvalue weighted by Crippen LogP contribution is -2.43. The second-order valence-corrected chi connectivity index (χ2v) is 6.72. The van der Waals surface area contributed by atoms with E-state index in [-0.39, 0.29) is 11.9 Å². The third-order valence-corrected chi connectivity index (χ3v) is 5.00. The van der Waals surface area contributed by atoms with Crippen molar-refractivity contribution in [3.63, 3.8) is 0 Å². The zero-order chi connectivity index (χ0) is 15.7. The number of ether oxygens (including phenoxy) is 1. The van der Waals surface area contributed by atoms with E-state index in [0.29, 0.717) is 37.5 Å². The van der Waals surface area contributed by atoms with Crippen molar-refractivity contribution in [2.75, 3.05) is 19.8 Å². The first-order valence-electron chi connectivity index (χ1n) is 7.34. The molecule has 0 aliphatic carbocycles. The number of morpholine rings is 1. The van der Waals surface area contributed by atoms with Crippen molar-refractivity contribution in [1.82, 2.24) is 15.1 Å². The normalized spacial score (nSPS) is 18.9. The summed E-state index contributed by atoms with van der Waals surface area (Å²) in [6.07, 6.45) is 0. The lowest BCUT2D eigenvalue weighted by molar-refractivity contribution is -0.0104. The Bertz CT molecular complexity index is 665. The number of thiophene rings is 1. The minimum Gasteiger partial charge on any atom is -0.423 e. The first kappa shape index (κ1) is 15.2. The van der Waals surface area contributed by atoms with Crippen LogP contribution in [0.2, 0.25) is 0 Å². The van der Waals surface area contributed by atoms with Gasteiger partial charge in [0.25, 0.3) is 5.91 Å². The number of amides is 1. The summed E-state index contributed by atoms with van der Waals surface area (Å²) in [7, 11) is 0. The van der Waals surface area contributed by atoms with Crippen LogP contribution < -0.4 is 0 Å². The van der Waals surface area contributed by atoms with Crippen LogP contribution in [-0.4, -0.2) is 40.8 Å². The topological polar surface area (TPSA) is 68.5 Å². The number of aryl methyl sites for hydroxylation is 1. The van der Waals surface area contributed by atoms with Crippen molar-refractivity contribution in [2.45, 2.75) is 32.7 Å². The van der Waals surface area contributed by atoms with Crippen molar-refractivity contribution < 1.29 is 13.9 Å². The van der Waals surface area contributed by atoms with E-state index in [1.54, 1.807) is 23.2 Å². The number of hydrogen-bond acceptors (Lipinski definition) is 6. The second-order valence-electron chi connectivity index (χ2n) is 5.61. The molecule has 1 atom stereocenters. The van der Waals surface area contributed by atoms with E-state index in [0.717, 1.165) is 4.88 Å². The Kier molecular flexibility index (Phi) is 4.26. The molecule has 118 valence electrons. The van der Waals surface area contributed by atoms with Crippen molar-refractivity contribution >= 4 is 17.2 Å². The van der Waals surface area contributed by atoms with Crippen LogP contribution in [-0.2, 0) is 4.74 Å². The highest BCUT2D eigenvalue weighted by Crippen LogP contribution is 2.29. The molecule has 3 rings (SSSR count). The largest absolute Gasteiger partial charge is 0.423 e. The quantitative estimate of drug-likeness (QED) is 0.869. The number of aromatic nitrogens is 2. The predicted octanol–water partition coefficient (Wildman–Crippen LogP) is 2.78. The summed E-state index contributed by atoms with van der Waals surface area (Å²) in [5.74, 6) is 1.35.